The van der Waals surface area contributed by atoms with Crippen molar-refractivity contribution in [2.75, 3.05) is 10.2 Å². The lowest BCUT2D eigenvalue weighted by Gasteiger charge is -2.33. The Hall–Kier alpha value is -3.44. The number of nitrogens with one attached hydrogen (secondary N) is 2. The average Bonchev–Trinajstić information content (AvgIpc) is 2.69. The summed E-state index contributed by atoms with van der Waals surface area (Å²) in [5.74, 6) is -1.78. The van der Waals surface area contributed by atoms with E-state index in [2.05, 4.69) is 15.6 Å². The number of hydrogen-bond donors (Lipinski definition) is 2. The number of anilines is 2. The van der Waals surface area contributed by atoms with Crippen LogP contribution in [-0.4, -0.2) is 28.6 Å². The van der Waals surface area contributed by atoms with Crippen molar-refractivity contribution in [2.24, 2.45) is 0 Å². The molecule has 1 aliphatic heterocycles. The first kappa shape index (κ1) is 25.2. The molecular weight excluding hydrogens is 463 g/mol. The van der Waals surface area contributed by atoms with E-state index < -0.39 is 47.6 Å². The van der Waals surface area contributed by atoms with Crippen LogP contribution in [0, 0.1) is 0 Å². The maximum Gasteiger partial charge on any atom is 0.420 e. The highest BCUT2D eigenvalue weighted by Crippen LogP contribution is 2.42. The highest BCUT2D eigenvalue weighted by Gasteiger charge is 2.40. The fourth-order valence-corrected chi connectivity index (χ4v) is 3.29. The molecule has 0 saturated carbocycles. The fraction of sp³-hybridized carbons (Fsp3) is 0.409. The first-order valence-electron chi connectivity index (χ1n) is 10.2. The number of aromatic nitrogens is 1. The number of carbonyl (C=O) groups excluding carboxylic acids is 2. The van der Waals surface area contributed by atoms with E-state index in [0.717, 1.165) is 4.90 Å². The molecule has 0 fully saturated rings. The number of halogens is 5. The summed E-state index contributed by atoms with van der Waals surface area (Å²) in [5.41, 5.74) is -2.32. The summed E-state index contributed by atoms with van der Waals surface area (Å²) in [6.45, 7) is 6.04. The van der Waals surface area contributed by atoms with Gasteiger partial charge in [-0.25, -0.2) is 13.6 Å². The summed E-state index contributed by atoms with van der Waals surface area (Å²) in [6.07, 6.45) is -8.79. The Balaban J connectivity index is 2.05. The lowest BCUT2D eigenvalue weighted by molar-refractivity contribution is -0.137. The number of nitrogens with zero attached hydrogens (tertiary/aromatic N) is 2. The predicted molar refractivity (Wildman–Crippen MR) is 114 cm³/mol. The molecule has 1 aromatic carbocycles. The van der Waals surface area contributed by atoms with Crippen LogP contribution in [0.2, 0.25) is 0 Å². The van der Waals surface area contributed by atoms with Crippen molar-refractivity contribution in [1.29, 1.82) is 0 Å². The smallest absolute Gasteiger partial charge is 0.420 e. The minimum absolute atomic E-state index is 0.281. The largest absolute Gasteiger partial charge is 0.463 e. The zero-order chi connectivity index (χ0) is 25.4. The Bertz CT molecular complexity index is 1100. The third-order valence-corrected chi connectivity index (χ3v) is 4.73. The van der Waals surface area contributed by atoms with E-state index in [4.69, 9.17) is 4.74 Å². The van der Waals surface area contributed by atoms with Crippen LogP contribution >= 0.6 is 0 Å². The van der Waals surface area contributed by atoms with Crippen LogP contribution in [0.15, 0.2) is 30.3 Å². The number of amides is 3. The molecule has 1 aliphatic rings. The van der Waals surface area contributed by atoms with Crippen molar-refractivity contribution >= 4 is 23.4 Å². The lowest BCUT2D eigenvalue weighted by Crippen LogP contribution is -2.45. The molecule has 0 unspecified atom stereocenters. The monoisotopic (exact) mass is 486 g/mol. The van der Waals surface area contributed by atoms with E-state index >= 15 is 0 Å². The van der Waals surface area contributed by atoms with Gasteiger partial charge in [0, 0.05) is 11.1 Å². The number of rotatable bonds is 4. The minimum Gasteiger partial charge on any atom is -0.463 e. The maximum absolute atomic E-state index is 13.8. The van der Waals surface area contributed by atoms with Gasteiger partial charge >= 0.3 is 12.2 Å². The number of hydrogen-bond acceptors (Lipinski definition) is 4. The van der Waals surface area contributed by atoms with Crippen molar-refractivity contribution in [2.45, 2.75) is 58.5 Å². The predicted octanol–water partition coefficient (Wildman–Crippen LogP) is 5.27. The maximum atomic E-state index is 13.8. The number of ether oxygens (including phenoxy) is 1. The van der Waals surface area contributed by atoms with Crippen LogP contribution in [0.3, 0.4) is 0 Å². The van der Waals surface area contributed by atoms with Crippen molar-refractivity contribution in [1.82, 2.24) is 10.3 Å². The first-order chi connectivity index (χ1) is 15.7. The van der Waals surface area contributed by atoms with Gasteiger partial charge in [0.25, 0.3) is 12.3 Å². The van der Waals surface area contributed by atoms with Gasteiger partial charge in [0.1, 0.15) is 11.3 Å². The Labute approximate surface area is 192 Å². The van der Waals surface area contributed by atoms with Crippen molar-refractivity contribution in [3.63, 3.8) is 0 Å². The highest BCUT2D eigenvalue weighted by atomic mass is 19.4. The van der Waals surface area contributed by atoms with Gasteiger partial charge in [-0.3, -0.25) is 15.0 Å². The summed E-state index contributed by atoms with van der Waals surface area (Å²) in [7, 11) is 0. The van der Waals surface area contributed by atoms with E-state index in [1.807, 2.05) is 0 Å². The normalized spacial score (nSPS) is 16.2. The topological polar surface area (TPSA) is 83.6 Å². The third-order valence-electron chi connectivity index (χ3n) is 4.73. The summed E-state index contributed by atoms with van der Waals surface area (Å²) >= 11 is 0. The lowest BCUT2D eigenvalue weighted by atomic mass is 10.1. The van der Waals surface area contributed by atoms with Gasteiger partial charge in [0.05, 0.1) is 6.54 Å². The second kappa shape index (κ2) is 9.07. The van der Waals surface area contributed by atoms with Crippen LogP contribution in [-0.2, 0) is 17.5 Å². The van der Waals surface area contributed by atoms with Crippen molar-refractivity contribution in [3.05, 3.63) is 47.0 Å². The van der Waals surface area contributed by atoms with Gasteiger partial charge in [-0.2, -0.15) is 18.2 Å². The molecule has 0 saturated heterocycles. The number of benzene rings is 1. The molecule has 0 aliphatic carbocycles. The number of alkyl halides is 5. The van der Waals surface area contributed by atoms with E-state index in [1.54, 1.807) is 20.8 Å². The molecule has 0 radical (unpaired) electrons. The Morgan fingerprint density at radius 2 is 1.88 bits per heavy atom. The molecule has 2 aromatic rings. The highest BCUT2D eigenvalue weighted by molar-refractivity contribution is 6.00. The number of urea groups is 1. The molecule has 1 aromatic heterocycles. The Morgan fingerprint density at radius 1 is 1.21 bits per heavy atom. The molecule has 0 spiro atoms. The molecule has 3 amide bonds. The summed E-state index contributed by atoms with van der Waals surface area (Å²) in [4.78, 5) is 29.8. The van der Waals surface area contributed by atoms with Gasteiger partial charge in [0.2, 0.25) is 5.88 Å². The molecule has 1 atom stereocenters. The van der Waals surface area contributed by atoms with Crippen LogP contribution in [0.4, 0.5) is 38.3 Å². The van der Waals surface area contributed by atoms with Crippen molar-refractivity contribution in [3.8, 4) is 5.88 Å². The molecule has 7 nitrogen and oxygen atoms in total. The van der Waals surface area contributed by atoms with E-state index in [1.165, 1.54) is 31.2 Å². The van der Waals surface area contributed by atoms with E-state index in [0.29, 0.717) is 6.07 Å². The zero-order valence-corrected chi connectivity index (χ0v) is 18.8. The van der Waals surface area contributed by atoms with Gasteiger partial charge in [-0.15, -0.1) is 0 Å². The Morgan fingerprint density at radius 3 is 2.47 bits per heavy atom. The number of carbonyl (C=O) groups is 2. The summed E-state index contributed by atoms with van der Waals surface area (Å²) in [6, 6.07) is 4.95. The zero-order valence-electron chi connectivity index (χ0n) is 18.8. The second-order valence-corrected chi connectivity index (χ2v) is 8.77. The summed E-state index contributed by atoms with van der Waals surface area (Å²) < 4.78 is 73.0. The quantitative estimate of drug-likeness (QED) is 0.577. The Kier molecular flexibility index (Phi) is 6.72. The molecule has 2 N–H and O–H groups in total. The molecule has 34 heavy (non-hydrogen) atoms. The van der Waals surface area contributed by atoms with Crippen molar-refractivity contribution < 1.29 is 36.3 Å². The van der Waals surface area contributed by atoms with Gasteiger partial charge in [-0.05, 0) is 45.4 Å². The van der Waals surface area contributed by atoms with Crippen LogP contribution in [0.5, 0.6) is 5.88 Å². The first-order valence-corrected chi connectivity index (χ1v) is 10.2. The van der Waals surface area contributed by atoms with E-state index in [-0.39, 0.29) is 29.2 Å². The standard InChI is InChI=1S/C22H23F5N4O3/c1-11-19(32)31(10-12-6-5-7-13(8-12)16(23)24)15-9-14(22(25,26)27)17(28-18(15)34-11)29-20(33)30-21(2,3)4/h5-9,11,16H,10H2,1-4H3,(H2,28,29,30,33)/t11-/m1/s1. The molecule has 3 rings (SSSR count). The van der Waals surface area contributed by atoms with E-state index in [9.17, 15) is 31.5 Å². The molecule has 184 valence electrons. The number of pyridine rings is 1. The third kappa shape index (κ3) is 5.72. The van der Waals surface area contributed by atoms with Gasteiger partial charge < -0.3 is 10.1 Å². The van der Waals surface area contributed by atoms with Crippen LogP contribution in [0.25, 0.3) is 0 Å². The number of fused-ring (bicyclic) bond motifs is 1. The molecule has 12 heteroatoms. The molecular formula is C22H23F5N4O3. The molecule has 0 bridgehead atoms. The summed E-state index contributed by atoms with van der Waals surface area (Å²) in [5, 5.41) is 4.56. The second-order valence-electron chi connectivity index (χ2n) is 8.77. The van der Waals surface area contributed by atoms with Gasteiger partial charge in [0.15, 0.2) is 11.9 Å². The van der Waals surface area contributed by atoms with Crippen LogP contribution < -0.4 is 20.3 Å². The average molecular weight is 486 g/mol. The fourth-order valence-electron chi connectivity index (χ4n) is 3.29. The minimum atomic E-state index is -4.93. The SMILES string of the molecule is C[C@H]1Oc2nc(NC(=O)NC(C)(C)C)c(C(F)(F)F)cc2N(Cc2cccc(C(F)F)c2)C1=O. The molecule has 2 heterocycles. The van der Waals surface area contributed by atoms with Crippen LogP contribution in [0.1, 0.15) is 50.8 Å². The van der Waals surface area contributed by atoms with Gasteiger partial charge in [-0.1, -0.05) is 18.2 Å².